The van der Waals surface area contributed by atoms with Crippen molar-refractivity contribution in [3.05, 3.63) is 40.7 Å². The fraction of sp³-hybridized carbons (Fsp3) is 0.571. The summed E-state index contributed by atoms with van der Waals surface area (Å²) >= 11 is 0. The summed E-state index contributed by atoms with van der Waals surface area (Å²) in [7, 11) is 1.99. The average Bonchev–Trinajstić information content (AvgIpc) is 3.26. The van der Waals surface area contributed by atoms with Crippen molar-refractivity contribution < 1.29 is 53.4 Å². The number of likely N-dealkylation sites (N-methyl/N-ethyl adjacent to an activating group) is 1. The molecular formula is C28H33NO11. The number of likely N-dealkylation sites (tertiary alicyclic amines) is 1. The van der Waals surface area contributed by atoms with Gasteiger partial charge in [0.15, 0.2) is 18.3 Å². The van der Waals surface area contributed by atoms with Crippen LogP contribution in [-0.2, 0) is 51.8 Å². The number of hydrogen-bond donors (Lipinski definition) is 3. The van der Waals surface area contributed by atoms with Gasteiger partial charge in [-0.05, 0) is 51.9 Å². The number of benzene rings is 1. The van der Waals surface area contributed by atoms with E-state index in [1.807, 2.05) is 19.2 Å². The van der Waals surface area contributed by atoms with Gasteiger partial charge in [-0.1, -0.05) is 12.1 Å². The Hall–Kier alpha value is -3.48. The highest BCUT2D eigenvalue weighted by Gasteiger charge is 2.71. The van der Waals surface area contributed by atoms with E-state index < -0.39 is 53.2 Å². The van der Waals surface area contributed by atoms with Crippen molar-refractivity contribution in [1.29, 1.82) is 0 Å². The minimum atomic E-state index is -1.40. The van der Waals surface area contributed by atoms with E-state index in [1.165, 1.54) is 13.8 Å². The molecule has 2 aliphatic carbocycles. The highest BCUT2D eigenvalue weighted by atomic mass is 16.6. The number of carboxylic acid groups (broad SMARTS) is 1. The van der Waals surface area contributed by atoms with Crippen LogP contribution in [0.15, 0.2) is 24.0 Å². The Kier molecular flexibility index (Phi) is 7.13. The second-order valence-electron chi connectivity index (χ2n) is 10.9. The van der Waals surface area contributed by atoms with Gasteiger partial charge in [-0.25, -0.2) is 9.59 Å². The number of hydrogen-bond acceptors (Lipinski definition) is 11. The van der Waals surface area contributed by atoms with Crippen LogP contribution in [0.25, 0.3) is 0 Å². The number of aliphatic carboxylic acids is 1. The lowest BCUT2D eigenvalue weighted by molar-refractivity contribution is -0.175. The second kappa shape index (κ2) is 10.2. The summed E-state index contributed by atoms with van der Waals surface area (Å²) in [4.78, 5) is 49.9. The van der Waals surface area contributed by atoms with Crippen LogP contribution >= 0.6 is 0 Å². The first-order chi connectivity index (χ1) is 18.9. The van der Waals surface area contributed by atoms with Crippen LogP contribution < -0.4 is 4.74 Å². The zero-order valence-electron chi connectivity index (χ0n) is 22.5. The van der Waals surface area contributed by atoms with Crippen LogP contribution in [0.1, 0.15) is 56.2 Å². The first-order valence-corrected chi connectivity index (χ1v) is 13.3. The minimum absolute atomic E-state index is 0.166. The van der Waals surface area contributed by atoms with Crippen molar-refractivity contribution in [2.24, 2.45) is 0 Å². The maximum atomic E-state index is 12.8. The van der Waals surface area contributed by atoms with E-state index >= 15 is 0 Å². The molecule has 6 atom stereocenters. The van der Waals surface area contributed by atoms with Gasteiger partial charge in [-0.2, -0.15) is 0 Å². The van der Waals surface area contributed by atoms with Crippen molar-refractivity contribution in [3.8, 4) is 5.75 Å². The van der Waals surface area contributed by atoms with E-state index in [-0.39, 0.29) is 37.7 Å². The Morgan fingerprint density at radius 3 is 2.55 bits per heavy atom. The van der Waals surface area contributed by atoms with Gasteiger partial charge in [-0.3, -0.25) is 9.59 Å². The number of ether oxygens (including phenoxy) is 4. The molecule has 1 fully saturated rings. The Morgan fingerprint density at radius 2 is 1.85 bits per heavy atom. The number of aliphatic hydroxyl groups is 2. The summed E-state index contributed by atoms with van der Waals surface area (Å²) in [6.07, 6.45) is -1.17. The molecular weight excluding hydrogens is 526 g/mol. The van der Waals surface area contributed by atoms with E-state index in [1.54, 1.807) is 6.08 Å². The monoisotopic (exact) mass is 559 g/mol. The Bertz CT molecular complexity index is 1290. The van der Waals surface area contributed by atoms with Crippen LogP contribution in [0.3, 0.4) is 0 Å². The number of carboxylic acids is 1. The number of nitrogens with zero attached hydrogens (tertiary/aromatic N) is 1. The number of aliphatic hydroxyl groups excluding tert-OH is 1. The van der Waals surface area contributed by atoms with Crippen LogP contribution in [0, 0.1) is 0 Å². The molecule has 2 bridgehead atoms. The number of rotatable bonds is 9. The predicted molar refractivity (Wildman–Crippen MR) is 135 cm³/mol. The van der Waals surface area contributed by atoms with Gasteiger partial charge in [0.1, 0.15) is 11.5 Å². The first-order valence-electron chi connectivity index (χ1n) is 13.3. The smallest absolute Gasteiger partial charge is 0.347 e. The summed E-state index contributed by atoms with van der Waals surface area (Å²) < 4.78 is 21.8. The fourth-order valence-corrected chi connectivity index (χ4v) is 6.64. The standard InChI is InChI=1S/C28H33NO11/c1-14(25(33)34)38-26(35)15(2)37-20(31)6-7-21(32)39-18-8-9-28(36)19-12-16-4-5-17(13-30)23-22(16)27(28,24(18)40-23)10-11-29(19)3/h4-5,8,14-15,19,24,30,36H,6-7,9-13H2,1-3H3,(H,33,34)/t14-,15-,19+,24-,27-,28+/m0/s1. The van der Waals surface area contributed by atoms with Gasteiger partial charge in [0.25, 0.3) is 0 Å². The average molecular weight is 560 g/mol. The summed E-state index contributed by atoms with van der Waals surface area (Å²) in [5.74, 6) is -3.17. The van der Waals surface area contributed by atoms with Gasteiger partial charge in [0.2, 0.25) is 0 Å². The first kappa shape index (κ1) is 28.1. The number of esters is 3. The minimum Gasteiger partial charge on any atom is -0.481 e. The number of carbonyl (C=O) groups is 4. The van der Waals surface area contributed by atoms with Crippen LogP contribution in [0.2, 0.25) is 0 Å². The molecule has 0 unspecified atom stereocenters. The highest BCUT2D eigenvalue weighted by Crippen LogP contribution is 2.64. The van der Waals surface area contributed by atoms with Crippen molar-refractivity contribution in [1.82, 2.24) is 4.90 Å². The molecule has 216 valence electrons. The molecule has 0 radical (unpaired) electrons. The van der Waals surface area contributed by atoms with E-state index in [0.29, 0.717) is 30.7 Å². The van der Waals surface area contributed by atoms with Crippen molar-refractivity contribution >= 4 is 23.9 Å². The summed E-state index contributed by atoms with van der Waals surface area (Å²) in [5, 5.41) is 31.0. The molecule has 12 heteroatoms. The van der Waals surface area contributed by atoms with E-state index in [2.05, 4.69) is 9.64 Å². The molecule has 1 saturated heterocycles. The third kappa shape index (κ3) is 4.25. The SMILES string of the molecule is C[C@H](OC(=O)[C@H](C)OC(=O)CCC(=O)OC1=CC[C@@]2(O)[C@H]3Cc4ccc(CO)c5c4[C@@]2(CCN3C)[C@H]1O5)C(=O)O. The molecule has 0 saturated carbocycles. The van der Waals surface area contributed by atoms with Gasteiger partial charge in [0.05, 0.1) is 30.5 Å². The lowest BCUT2D eigenvalue weighted by atomic mass is 9.50. The predicted octanol–water partition coefficient (Wildman–Crippen LogP) is 0.728. The molecule has 2 aliphatic heterocycles. The van der Waals surface area contributed by atoms with Gasteiger partial charge >= 0.3 is 23.9 Å². The molecule has 2 heterocycles. The maximum Gasteiger partial charge on any atom is 0.347 e. The molecule has 4 aliphatic rings. The van der Waals surface area contributed by atoms with Crippen LogP contribution in [0.5, 0.6) is 5.75 Å². The third-order valence-electron chi connectivity index (χ3n) is 8.67. The zero-order chi connectivity index (χ0) is 29.0. The molecule has 40 heavy (non-hydrogen) atoms. The summed E-state index contributed by atoms with van der Waals surface area (Å²) in [6.45, 7) is 2.87. The van der Waals surface area contributed by atoms with Crippen molar-refractivity contribution in [2.45, 2.75) is 87.9 Å². The molecule has 1 aromatic carbocycles. The molecule has 1 aromatic rings. The number of piperidine rings is 1. The quantitative estimate of drug-likeness (QED) is 0.287. The normalized spacial score (nSPS) is 29.3. The zero-order valence-corrected chi connectivity index (χ0v) is 22.5. The lowest BCUT2D eigenvalue weighted by Crippen LogP contribution is -2.74. The Balaban J connectivity index is 1.29. The van der Waals surface area contributed by atoms with Crippen LogP contribution in [-0.4, -0.2) is 87.6 Å². The Morgan fingerprint density at radius 1 is 1.12 bits per heavy atom. The third-order valence-corrected chi connectivity index (χ3v) is 8.67. The molecule has 0 amide bonds. The molecule has 1 spiro atoms. The topological polar surface area (TPSA) is 169 Å². The van der Waals surface area contributed by atoms with Crippen molar-refractivity contribution in [2.75, 3.05) is 13.6 Å². The second-order valence-corrected chi connectivity index (χ2v) is 10.9. The molecule has 0 aromatic heterocycles. The Labute approximate surface area is 230 Å². The van der Waals surface area contributed by atoms with Crippen LogP contribution in [0.4, 0.5) is 0 Å². The van der Waals surface area contributed by atoms with E-state index in [4.69, 9.17) is 19.3 Å². The number of carbonyl (C=O) groups excluding carboxylic acids is 3. The van der Waals surface area contributed by atoms with Gasteiger partial charge in [0, 0.05) is 23.6 Å². The lowest BCUT2D eigenvalue weighted by Gasteiger charge is -2.61. The maximum absolute atomic E-state index is 12.8. The van der Waals surface area contributed by atoms with Gasteiger partial charge < -0.3 is 39.2 Å². The van der Waals surface area contributed by atoms with Gasteiger partial charge in [-0.15, -0.1) is 0 Å². The summed E-state index contributed by atoms with van der Waals surface area (Å²) in [6, 6.07) is 3.63. The molecule has 12 nitrogen and oxygen atoms in total. The van der Waals surface area contributed by atoms with E-state index in [9.17, 15) is 29.4 Å². The largest absolute Gasteiger partial charge is 0.481 e. The highest BCUT2D eigenvalue weighted by molar-refractivity contribution is 5.83. The fourth-order valence-electron chi connectivity index (χ4n) is 6.64. The molecule has 3 N–H and O–H groups in total. The molecule has 5 rings (SSSR count). The van der Waals surface area contributed by atoms with Crippen molar-refractivity contribution in [3.63, 3.8) is 0 Å². The van der Waals surface area contributed by atoms with E-state index in [0.717, 1.165) is 11.1 Å². The summed E-state index contributed by atoms with van der Waals surface area (Å²) in [5.41, 5.74) is 0.487.